The van der Waals surface area contributed by atoms with E-state index in [1.165, 1.54) is 27.9 Å². The summed E-state index contributed by atoms with van der Waals surface area (Å²) in [7, 11) is 0. The maximum atomic E-state index is 15.4. The Morgan fingerprint density at radius 1 is 0.937 bits per heavy atom. The van der Waals surface area contributed by atoms with Gasteiger partial charge in [-0.05, 0) is 74.1 Å². The number of halogens is 4. The predicted molar refractivity (Wildman–Crippen MR) is 285 cm³/mol. The summed E-state index contributed by atoms with van der Waals surface area (Å²) in [6.45, 7) is 13.0. The Balaban J connectivity index is 0.785. The van der Waals surface area contributed by atoms with Gasteiger partial charge in [0, 0.05) is 93.8 Å². The molecule has 4 aromatic heterocycles. The van der Waals surface area contributed by atoms with Crippen molar-refractivity contribution in [3.8, 4) is 27.3 Å². The van der Waals surface area contributed by atoms with Crippen molar-refractivity contribution in [2.24, 2.45) is 11.3 Å². The smallest absolute Gasteiger partial charge is 0.435 e. The number of carbonyl (C=O) groups excluding carboxylic acids is 5. The Morgan fingerprint density at radius 2 is 1.66 bits per heavy atom. The average molecular weight is 1110 g/mol. The van der Waals surface area contributed by atoms with E-state index in [4.69, 9.17) is 4.74 Å². The minimum atomic E-state index is -4.79. The van der Waals surface area contributed by atoms with Gasteiger partial charge in [-0.25, -0.2) is 19.3 Å². The highest BCUT2D eigenvalue weighted by molar-refractivity contribution is 7.13. The summed E-state index contributed by atoms with van der Waals surface area (Å²) in [5, 5.41) is 23.1. The lowest BCUT2D eigenvalue weighted by Gasteiger charge is -2.40. The Hall–Kier alpha value is -7.53. The van der Waals surface area contributed by atoms with Gasteiger partial charge in [0.2, 0.25) is 23.6 Å². The van der Waals surface area contributed by atoms with E-state index in [0.717, 1.165) is 21.7 Å². The number of likely N-dealkylation sites (tertiary alicyclic amines) is 1. The van der Waals surface area contributed by atoms with Crippen LogP contribution in [0.2, 0.25) is 0 Å². The van der Waals surface area contributed by atoms with Gasteiger partial charge in [-0.2, -0.15) is 18.3 Å². The van der Waals surface area contributed by atoms with Gasteiger partial charge < -0.3 is 40.2 Å². The number of aryl methyl sites for hydroxylation is 3. The number of carbonyl (C=O) groups is 5. The molecule has 0 radical (unpaired) electrons. The number of pyridine rings is 1. The lowest BCUT2D eigenvalue weighted by Crippen LogP contribution is -2.60. The number of ketones is 1. The minimum Gasteiger partial charge on any atom is -0.491 e. The number of hydrogen-bond acceptors (Lipinski definition) is 13. The van der Waals surface area contributed by atoms with Gasteiger partial charge in [-0.1, -0.05) is 45.0 Å². The number of benzene rings is 2. The van der Waals surface area contributed by atoms with Crippen molar-refractivity contribution in [1.29, 1.82) is 0 Å². The predicted octanol–water partition coefficient (Wildman–Crippen LogP) is 7.00. The molecule has 9 rings (SSSR count). The van der Waals surface area contributed by atoms with Crippen molar-refractivity contribution in [2.75, 3.05) is 31.1 Å². The second-order valence-electron chi connectivity index (χ2n) is 21.6. The highest BCUT2D eigenvalue weighted by atomic mass is 32.1. The SMILES string of the molecule is CCn1cc(-c2cc(Cn3ccnc3C)cc3c2OC[C@H](Cc2ccc(F)c(N4CC(NC(=O)CCC(=O)N[C@H](C(=O)N5C[C@H](O)C[C@H]5C(=O)N[C@@H](C)c5ccc(-c6scnc6C)cc5)C(C)(C)C)C4)n2)C3=O)c(C(F)(F)F)n1. The number of aromatic nitrogens is 6. The third-order valence-corrected chi connectivity index (χ3v) is 15.6. The number of alkyl halides is 3. The van der Waals surface area contributed by atoms with Gasteiger partial charge in [0.15, 0.2) is 23.1 Å². The first-order valence-electron chi connectivity index (χ1n) is 26.2. The third-order valence-electron chi connectivity index (χ3n) is 14.7. The molecule has 418 valence electrons. The van der Waals surface area contributed by atoms with Crippen molar-refractivity contribution < 1.29 is 51.4 Å². The molecule has 4 amide bonds. The molecule has 0 unspecified atom stereocenters. The zero-order valence-corrected chi connectivity index (χ0v) is 45.7. The Morgan fingerprint density at radius 3 is 2.32 bits per heavy atom. The summed E-state index contributed by atoms with van der Waals surface area (Å²) in [5.41, 5.74) is 3.53. The molecular weight excluding hydrogens is 1050 g/mol. The summed E-state index contributed by atoms with van der Waals surface area (Å²) < 4.78 is 67.7. The second kappa shape index (κ2) is 22.7. The minimum absolute atomic E-state index is 0.00501. The standard InChI is InChI=1S/C56H63F4N11O7S/c1-8-70-27-42(50(67-70)56(58,59)60)40-19-33(23-68-18-17-61-32(68)4)20-41-47(75)36(28-78-48(40)41)21-37-13-14-43(57)52(65-37)69-24-38(25-69)64-45(73)15-16-46(74)66-51(55(5,6)7)54(77)71-26-39(72)22-44(71)53(76)63-30(2)34-9-11-35(12-10-34)49-31(3)62-29-79-49/h9-14,17-20,27,29-30,36,38-39,44,51,72H,8,15-16,21-26,28H2,1-7H3,(H,63,76)(H,64,73)(H,66,74)/t30-,36-,39+,44-,51+/m0/s1. The van der Waals surface area contributed by atoms with E-state index in [9.17, 15) is 42.3 Å². The summed E-state index contributed by atoms with van der Waals surface area (Å²) >= 11 is 1.54. The molecule has 23 heteroatoms. The number of imidazole rings is 1. The fraction of sp³-hybridized carbons (Fsp3) is 0.446. The highest BCUT2D eigenvalue weighted by Gasteiger charge is 2.45. The van der Waals surface area contributed by atoms with Crippen LogP contribution in [-0.2, 0) is 44.9 Å². The van der Waals surface area contributed by atoms with Gasteiger partial charge in [-0.15, -0.1) is 11.3 Å². The van der Waals surface area contributed by atoms with E-state index in [1.54, 1.807) is 85.5 Å². The van der Waals surface area contributed by atoms with Crippen molar-refractivity contribution >= 4 is 46.6 Å². The molecule has 3 aliphatic rings. The molecule has 7 heterocycles. The van der Waals surface area contributed by atoms with E-state index < -0.39 is 82.9 Å². The van der Waals surface area contributed by atoms with E-state index in [1.807, 2.05) is 38.1 Å². The van der Waals surface area contributed by atoms with Crippen LogP contribution >= 0.6 is 11.3 Å². The molecule has 0 bridgehead atoms. The van der Waals surface area contributed by atoms with Crippen LogP contribution in [0.25, 0.3) is 21.6 Å². The zero-order valence-electron chi connectivity index (χ0n) is 44.9. The number of thiazole rings is 1. The molecule has 3 aliphatic heterocycles. The van der Waals surface area contributed by atoms with Crippen molar-refractivity contribution in [2.45, 2.75) is 124 Å². The van der Waals surface area contributed by atoms with Gasteiger partial charge in [0.25, 0.3) is 0 Å². The summed E-state index contributed by atoms with van der Waals surface area (Å²) in [4.78, 5) is 86.0. The van der Waals surface area contributed by atoms with E-state index >= 15 is 4.39 Å². The molecule has 79 heavy (non-hydrogen) atoms. The first kappa shape index (κ1) is 56.2. The number of rotatable bonds is 17. The number of amides is 4. The average Bonchev–Trinajstić information content (AvgIpc) is 4.39. The highest BCUT2D eigenvalue weighted by Crippen LogP contribution is 2.44. The van der Waals surface area contributed by atoms with Crippen LogP contribution in [0.4, 0.5) is 23.4 Å². The van der Waals surface area contributed by atoms with Crippen LogP contribution in [0.1, 0.15) is 104 Å². The quantitative estimate of drug-likeness (QED) is 0.0679. The van der Waals surface area contributed by atoms with Gasteiger partial charge in [0.05, 0.1) is 52.4 Å². The molecule has 0 saturated carbocycles. The normalized spacial score (nSPS) is 18.4. The summed E-state index contributed by atoms with van der Waals surface area (Å²) in [6.07, 6.45) is -1.55. The molecule has 5 atom stereocenters. The van der Waals surface area contributed by atoms with Gasteiger partial charge >= 0.3 is 6.18 Å². The number of fused-ring (bicyclic) bond motifs is 1. The Bertz CT molecular complexity index is 3270. The number of ether oxygens (including phenoxy) is 1. The molecule has 0 aliphatic carbocycles. The lowest BCUT2D eigenvalue weighted by atomic mass is 9.85. The van der Waals surface area contributed by atoms with Gasteiger partial charge in [-0.3, -0.25) is 28.7 Å². The van der Waals surface area contributed by atoms with E-state index in [2.05, 4.69) is 36.0 Å². The Kier molecular flexibility index (Phi) is 16.1. The first-order valence-corrected chi connectivity index (χ1v) is 27.1. The second-order valence-corrected chi connectivity index (χ2v) is 22.5. The van der Waals surface area contributed by atoms with Crippen LogP contribution in [-0.4, -0.2) is 119 Å². The maximum Gasteiger partial charge on any atom is 0.435 e. The summed E-state index contributed by atoms with van der Waals surface area (Å²) in [6, 6.07) is 10.8. The van der Waals surface area contributed by atoms with Crippen molar-refractivity contribution in [3.63, 3.8) is 0 Å². The number of Topliss-reactive ketones (excluding diaryl/α,β-unsaturated/α-hetero) is 1. The fourth-order valence-corrected chi connectivity index (χ4v) is 11.1. The lowest BCUT2D eigenvalue weighted by molar-refractivity contribution is -0.144. The number of aliphatic hydroxyl groups is 1. The number of anilines is 1. The molecule has 6 aromatic rings. The molecule has 18 nitrogen and oxygen atoms in total. The molecule has 2 saturated heterocycles. The van der Waals surface area contributed by atoms with E-state index in [0.29, 0.717) is 17.1 Å². The molecule has 4 N–H and O–H groups in total. The van der Waals surface area contributed by atoms with Gasteiger partial charge in [0.1, 0.15) is 23.7 Å². The number of nitrogens with zero attached hydrogens (tertiary/aromatic N) is 8. The summed E-state index contributed by atoms with van der Waals surface area (Å²) in [5.74, 6) is -3.11. The monoisotopic (exact) mass is 1110 g/mol. The molecule has 0 spiro atoms. The fourth-order valence-electron chi connectivity index (χ4n) is 10.3. The first-order chi connectivity index (χ1) is 37.4. The topological polar surface area (TPSA) is 219 Å². The molecule has 2 fully saturated rings. The van der Waals surface area contributed by atoms with Crippen LogP contribution in [0.3, 0.4) is 0 Å². The number of hydrogen-bond donors (Lipinski definition) is 4. The zero-order chi connectivity index (χ0) is 56.7. The van der Waals surface area contributed by atoms with Crippen LogP contribution < -0.4 is 25.6 Å². The number of β-amino-alcohol motifs (C(OH)–C–C–N with tert-alkyl or cyclic N) is 1. The number of nitrogens with one attached hydrogen (secondary N) is 3. The third kappa shape index (κ3) is 12.4. The number of aliphatic hydroxyl groups excluding tert-OH is 1. The van der Waals surface area contributed by atoms with E-state index in [-0.39, 0.29) is 99.1 Å². The largest absolute Gasteiger partial charge is 0.491 e. The van der Waals surface area contributed by atoms with Crippen LogP contribution in [0.15, 0.2) is 72.6 Å². The van der Waals surface area contributed by atoms with Crippen LogP contribution in [0.5, 0.6) is 5.75 Å². The van der Waals surface area contributed by atoms with Crippen molar-refractivity contribution in [3.05, 3.63) is 118 Å². The molecule has 2 aromatic carbocycles. The maximum absolute atomic E-state index is 15.4. The Labute approximate surface area is 458 Å². The van der Waals surface area contributed by atoms with Crippen molar-refractivity contribution in [1.82, 2.24) is 50.1 Å². The van der Waals surface area contributed by atoms with Crippen LogP contribution in [0, 0.1) is 31.0 Å². The molecular formula is C56H63F4N11O7S.